The zero-order chi connectivity index (χ0) is 31.7. The molecule has 1 aliphatic carbocycles. The van der Waals surface area contributed by atoms with Gasteiger partial charge in [0.25, 0.3) is 0 Å². The Balaban J connectivity index is 0.00000324. The zero-order valence-corrected chi connectivity index (χ0v) is 30.3. The van der Waals surface area contributed by atoms with Crippen molar-refractivity contribution >= 4 is 39.5 Å². The van der Waals surface area contributed by atoms with Gasteiger partial charge >= 0.3 is 21.1 Å². The third kappa shape index (κ3) is 3.99. The van der Waals surface area contributed by atoms with E-state index in [2.05, 4.69) is 107 Å². The van der Waals surface area contributed by atoms with Crippen LogP contribution in [0.5, 0.6) is 11.6 Å². The molecule has 0 N–H and O–H groups in total. The summed E-state index contributed by atoms with van der Waals surface area (Å²) in [7, 11) is 0. The number of ether oxygens (including phenoxy) is 2. The second kappa shape index (κ2) is 10.0. The summed E-state index contributed by atoms with van der Waals surface area (Å²) in [6.45, 7) is 15.0. The Hall–Kier alpha value is -3.93. The first kappa shape index (κ1) is 30.4. The minimum atomic E-state index is -0.571. The molecule has 3 aromatic carbocycles. The van der Waals surface area contributed by atoms with Crippen LogP contribution >= 0.6 is 11.8 Å². The first-order valence-corrected chi connectivity index (χ1v) is 16.4. The average molecular weight is 816 g/mol. The first-order chi connectivity index (χ1) is 22.0. The number of aryl methyl sites for hydroxylation is 3. The van der Waals surface area contributed by atoms with Crippen molar-refractivity contribution in [3.8, 4) is 17.4 Å². The van der Waals surface area contributed by atoms with Gasteiger partial charge in [0, 0.05) is 22.3 Å². The van der Waals surface area contributed by atoms with Crippen molar-refractivity contribution in [2.45, 2.75) is 74.8 Å². The maximum atomic E-state index is 6.84. The molecule has 47 heavy (non-hydrogen) atoms. The van der Waals surface area contributed by atoms with Crippen molar-refractivity contribution in [2.75, 3.05) is 0 Å². The number of hydrogen-bond acceptors (Lipinski definition) is 6. The normalized spacial score (nSPS) is 21.5. The summed E-state index contributed by atoms with van der Waals surface area (Å²) >= 11 is 1.77. The fourth-order valence-electron chi connectivity index (χ4n) is 7.79. The quantitative estimate of drug-likeness (QED) is 0.167. The molecule has 6 aromatic rings. The van der Waals surface area contributed by atoms with Gasteiger partial charge < -0.3 is 14.0 Å². The number of aliphatic imine (C=N–C) groups is 1. The standard InChI is InChI=1S/C39H32N4O2S.Pt/c1-21-15-26-25-17-22(2)30(20-29(25)43-34(26)32(16-21)46-31-13-10-14-40-35(31)43)44-33-19-24(18-23(3)41-33)36-42-38(6)28-12-9-8-11-27(28)37(4,5)39(38,7)45-36;/h8-18H,1-7H3;/q-2;+2/t38-,39+;/m1./s1. The average Bonchev–Trinajstić information content (AvgIpc) is 3.53. The number of rotatable bonds is 3. The molecular formula is C39H32N4O2PtS. The molecule has 9 rings (SSSR count). The molecule has 2 atom stereocenters. The van der Waals surface area contributed by atoms with Crippen LogP contribution < -0.4 is 4.74 Å². The van der Waals surface area contributed by atoms with Crippen molar-refractivity contribution in [1.82, 2.24) is 14.5 Å². The summed E-state index contributed by atoms with van der Waals surface area (Å²) < 4.78 is 15.6. The van der Waals surface area contributed by atoms with Crippen LogP contribution in [0.15, 0.2) is 81.6 Å². The van der Waals surface area contributed by atoms with E-state index >= 15 is 0 Å². The Morgan fingerprint density at radius 2 is 1.66 bits per heavy atom. The molecule has 0 radical (unpaired) electrons. The number of aromatic nitrogens is 3. The topological polar surface area (TPSA) is 61.5 Å². The summed E-state index contributed by atoms with van der Waals surface area (Å²) in [6.07, 6.45) is 1.84. The fourth-order valence-corrected chi connectivity index (χ4v) is 8.95. The van der Waals surface area contributed by atoms with Gasteiger partial charge in [-0.2, -0.15) is 6.07 Å². The molecule has 0 fully saturated rings. The molecule has 2 aliphatic heterocycles. The molecule has 0 spiro atoms. The van der Waals surface area contributed by atoms with E-state index in [1.807, 2.05) is 25.3 Å². The fraction of sp³-hybridized carbons (Fsp3) is 0.256. The number of nitrogens with zero attached hydrogens (tertiary/aromatic N) is 4. The number of hydrogen-bond donors (Lipinski definition) is 0. The molecule has 0 amide bonds. The van der Waals surface area contributed by atoms with Gasteiger partial charge in [-0.25, -0.2) is 9.97 Å². The zero-order valence-electron chi connectivity index (χ0n) is 27.2. The van der Waals surface area contributed by atoms with Crippen LogP contribution in [0.3, 0.4) is 0 Å². The third-order valence-corrected chi connectivity index (χ3v) is 11.6. The van der Waals surface area contributed by atoms with Crippen molar-refractivity contribution in [3.05, 3.63) is 113 Å². The van der Waals surface area contributed by atoms with Crippen LogP contribution in [0.4, 0.5) is 0 Å². The smallest absolute Gasteiger partial charge is 0.525 e. The van der Waals surface area contributed by atoms with Gasteiger partial charge in [-0.3, -0.25) is 4.99 Å². The van der Waals surface area contributed by atoms with E-state index in [4.69, 9.17) is 24.4 Å². The van der Waals surface area contributed by atoms with Crippen molar-refractivity contribution in [3.63, 3.8) is 0 Å². The predicted octanol–water partition coefficient (Wildman–Crippen LogP) is 9.10. The maximum absolute atomic E-state index is 6.84. The summed E-state index contributed by atoms with van der Waals surface area (Å²) in [6, 6.07) is 28.3. The van der Waals surface area contributed by atoms with E-state index in [0.29, 0.717) is 17.5 Å². The molecular weight excluding hydrogens is 784 g/mol. The Morgan fingerprint density at radius 3 is 2.47 bits per heavy atom. The molecule has 0 unspecified atom stereocenters. The molecule has 236 valence electrons. The predicted molar refractivity (Wildman–Crippen MR) is 182 cm³/mol. The Bertz CT molecular complexity index is 2360. The van der Waals surface area contributed by atoms with Gasteiger partial charge in [-0.15, -0.1) is 34.7 Å². The van der Waals surface area contributed by atoms with Crippen LogP contribution in [0, 0.1) is 32.9 Å². The van der Waals surface area contributed by atoms with Gasteiger partial charge in [-0.05, 0) is 68.1 Å². The SMILES string of the molecule is Cc1cc2c3c(c1)c1cc(C)c(Oc4[c-]c(C5=N[C@]6(C)c7ccccc7C(C)(C)[C@]6(C)O5)cc(C)n4)[c-]c1n3-c1ncccc1S2.[Pt+2]. The monoisotopic (exact) mass is 815 g/mol. The van der Waals surface area contributed by atoms with Crippen LogP contribution in [0.2, 0.25) is 0 Å². The number of benzene rings is 3. The third-order valence-electron chi connectivity index (χ3n) is 10.5. The Labute approximate surface area is 292 Å². The van der Waals surface area contributed by atoms with Gasteiger partial charge in [0.05, 0.1) is 10.4 Å². The van der Waals surface area contributed by atoms with E-state index in [0.717, 1.165) is 44.0 Å². The molecule has 0 saturated carbocycles. The van der Waals surface area contributed by atoms with Gasteiger partial charge in [-0.1, -0.05) is 73.9 Å². The minimum absolute atomic E-state index is 0. The van der Waals surface area contributed by atoms with Crippen molar-refractivity contribution < 1.29 is 30.5 Å². The van der Waals surface area contributed by atoms with Crippen LogP contribution in [0.1, 0.15) is 61.2 Å². The first-order valence-electron chi connectivity index (χ1n) is 15.6. The molecule has 5 heterocycles. The minimum Gasteiger partial charge on any atom is -0.525 e. The van der Waals surface area contributed by atoms with Crippen LogP contribution in [0.25, 0.3) is 27.6 Å². The second-order valence-corrected chi connectivity index (χ2v) is 14.7. The molecule has 0 saturated heterocycles. The molecule has 3 aliphatic rings. The summed E-state index contributed by atoms with van der Waals surface area (Å²) in [4.78, 5) is 17.1. The van der Waals surface area contributed by atoms with Crippen LogP contribution in [-0.4, -0.2) is 26.0 Å². The van der Waals surface area contributed by atoms with Crippen molar-refractivity contribution in [2.24, 2.45) is 4.99 Å². The maximum Gasteiger partial charge on any atom is 2.00 e. The Kier molecular flexibility index (Phi) is 6.49. The van der Waals surface area contributed by atoms with E-state index < -0.39 is 11.1 Å². The van der Waals surface area contributed by atoms with Gasteiger partial charge in [0.15, 0.2) is 5.88 Å². The Morgan fingerprint density at radius 1 is 0.872 bits per heavy atom. The van der Waals surface area contributed by atoms with Crippen molar-refractivity contribution in [1.29, 1.82) is 0 Å². The van der Waals surface area contributed by atoms with Gasteiger partial charge in [0.2, 0.25) is 0 Å². The molecule has 0 bridgehead atoms. The summed E-state index contributed by atoms with van der Waals surface area (Å²) in [5.74, 6) is 2.42. The second-order valence-electron chi connectivity index (χ2n) is 13.6. The number of fused-ring (bicyclic) bond motifs is 8. The summed E-state index contributed by atoms with van der Waals surface area (Å²) in [5.41, 5.74) is 6.90. The molecule has 8 heteroatoms. The number of pyridine rings is 2. The summed E-state index contributed by atoms with van der Waals surface area (Å²) in [5, 5.41) is 2.31. The van der Waals surface area contributed by atoms with Crippen LogP contribution in [-0.2, 0) is 36.8 Å². The molecule has 3 aromatic heterocycles. The van der Waals surface area contributed by atoms with E-state index in [9.17, 15) is 0 Å². The van der Waals surface area contributed by atoms with E-state index in [1.165, 1.54) is 27.0 Å². The van der Waals surface area contributed by atoms with Gasteiger partial charge in [0.1, 0.15) is 22.9 Å². The molecule has 6 nitrogen and oxygen atoms in total. The largest absolute Gasteiger partial charge is 2.00 e. The van der Waals surface area contributed by atoms with E-state index in [-0.39, 0.29) is 26.5 Å². The van der Waals surface area contributed by atoms with E-state index in [1.54, 1.807) is 11.8 Å².